The molecule has 0 aliphatic heterocycles. The highest BCUT2D eigenvalue weighted by atomic mass is 32.2. The largest absolute Gasteiger partial charge is 0.320 e. The molecular formula is C15H20N2O2S. The van der Waals surface area contributed by atoms with E-state index in [2.05, 4.69) is 30.4 Å². The summed E-state index contributed by atoms with van der Waals surface area (Å²) in [4.78, 5) is 0.295. The van der Waals surface area contributed by atoms with E-state index in [1.807, 2.05) is 0 Å². The summed E-state index contributed by atoms with van der Waals surface area (Å²) in [5.41, 5.74) is 6.76. The van der Waals surface area contributed by atoms with Gasteiger partial charge in [-0.25, -0.2) is 13.1 Å². The summed E-state index contributed by atoms with van der Waals surface area (Å²) >= 11 is 0. The Hall–Kier alpha value is -1.35. The van der Waals surface area contributed by atoms with E-state index < -0.39 is 10.0 Å². The second-order valence-electron chi connectivity index (χ2n) is 5.85. The molecule has 1 unspecified atom stereocenters. The second kappa shape index (κ2) is 5.21. The maximum Gasteiger partial charge on any atom is 0.241 e. The Morgan fingerprint density at radius 3 is 2.65 bits per heavy atom. The molecule has 20 heavy (non-hydrogen) atoms. The topological polar surface area (TPSA) is 72.2 Å². The molecule has 4 nitrogen and oxygen atoms in total. The van der Waals surface area contributed by atoms with Crippen molar-refractivity contribution in [3.63, 3.8) is 0 Å². The van der Waals surface area contributed by atoms with Crippen LogP contribution in [-0.4, -0.2) is 21.0 Å². The molecule has 0 aromatic heterocycles. The van der Waals surface area contributed by atoms with Crippen LogP contribution in [0.5, 0.6) is 0 Å². The highest BCUT2D eigenvalue weighted by molar-refractivity contribution is 7.89. The van der Waals surface area contributed by atoms with E-state index in [-0.39, 0.29) is 18.0 Å². The first-order valence-electron chi connectivity index (χ1n) is 6.58. The van der Waals surface area contributed by atoms with Gasteiger partial charge in [-0.3, -0.25) is 0 Å². The Balaban J connectivity index is 2.31. The minimum Gasteiger partial charge on any atom is -0.320 e. The predicted molar refractivity (Wildman–Crippen MR) is 79.6 cm³/mol. The lowest BCUT2D eigenvalue weighted by atomic mass is 10.1. The average Bonchev–Trinajstić information content (AvgIpc) is 2.94. The van der Waals surface area contributed by atoms with Crippen molar-refractivity contribution in [2.24, 2.45) is 11.1 Å². The summed E-state index contributed by atoms with van der Waals surface area (Å²) in [6, 6.07) is 5.20. The summed E-state index contributed by atoms with van der Waals surface area (Å²) in [5, 5.41) is 0. The minimum absolute atomic E-state index is 0.0192. The van der Waals surface area contributed by atoms with Gasteiger partial charge in [0.2, 0.25) is 10.0 Å². The van der Waals surface area contributed by atoms with E-state index in [1.165, 1.54) is 0 Å². The number of nitrogens with two attached hydrogens (primary N) is 1. The first-order valence-corrected chi connectivity index (χ1v) is 8.06. The molecule has 1 aromatic carbocycles. The fraction of sp³-hybridized carbons (Fsp3) is 0.467. The Morgan fingerprint density at radius 2 is 2.10 bits per heavy atom. The van der Waals surface area contributed by atoms with Crippen LogP contribution in [0.2, 0.25) is 0 Å². The highest BCUT2D eigenvalue weighted by Crippen LogP contribution is 2.45. The third kappa shape index (κ3) is 3.21. The zero-order valence-corrected chi connectivity index (χ0v) is 12.8. The van der Waals surface area contributed by atoms with Gasteiger partial charge in [-0.15, -0.1) is 0 Å². The van der Waals surface area contributed by atoms with Crippen molar-refractivity contribution in [2.45, 2.75) is 38.1 Å². The molecule has 0 amide bonds. The zero-order valence-electron chi connectivity index (χ0n) is 12.0. The van der Waals surface area contributed by atoms with E-state index in [1.54, 1.807) is 25.1 Å². The first-order chi connectivity index (χ1) is 9.26. The Labute approximate surface area is 120 Å². The standard InChI is InChI=1S/C15H20N2O2S/c1-11-6-7-12(5-4-8-16)9-13(11)20(18,19)17-14-10-15(14,2)3/h6-7,9,14,17H,8,10,16H2,1-3H3. The predicted octanol–water partition coefficient (Wildman–Crippen LogP) is 1.38. The summed E-state index contributed by atoms with van der Waals surface area (Å²) in [5.74, 6) is 5.59. The van der Waals surface area contributed by atoms with Crippen molar-refractivity contribution < 1.29 is 8.42 Å². The van der Waals surface area contributed by atoms with Gasteiger partial charge in [0.1, 0.15) is 0 Å². The van der Waals surface area contributed by atoms with Gasteiger partial charge in [-0.05, 0) is 36.5 Å². The molecule has 0 radical (unpaired) electrons. The molecular weight excluding hydrogens is 272 g/mol. The average molecular weight is 292 g/mol. The number of nitrogens with one attached hydrogen (secondary N) is 1. The van der Waals surface area contributed by atoms with Crippen LogP contribution in [0.25, 0.3) is 0 Å². The van der Waals surface area contributed by atoms with Gasteiger partial charge >= 0.3 is 0 Å². The molecule has 1 aromatic rings. The molecule has 0 saturated heterocycles. The van der Waals surface area contributed by atoms with Gasteiger partial charge in [0.25, 0.3) is 0 Å². The van der Waals surface area contributed by atoms with Crippen molar-refractivity contribution in [1.82, 2.24) is 4.72 Å². The van der Waals surface area contributed by atoms with Crippen molar-refractivity contribution >= 4 is 10.0 Å². The van der Waals surface area contributed by atoms with Crippen LogP contribution < -0.4 is 10.5 Å². The van der Waals surface area contributed by atoms with Gasteiger partial charge in [-0.1, -0.05) is 31.8 Å². The van der Waals surface area contributed by atoms with Crippen LogP contribution in [0.15, 0.2) is 23.1 Å². The van der Waals surface area contributed by atoms with Crippen LogP contribution in [0, 0.1) is 24.2 Å². The second-order valence-corrected chi connectivity index (χ2v) is 7.54. The molecule has 2 rings (SSSR count). The van der Waals surface area contributed by atoms with Gasteiger partial charge in [0.15, 0.2) is 0 Å². The molecule has 3 N–H and O–H groups in total. The molecule has 1 atom stereocenters. The summed E-state index contributed by atoms with van der Waals surface area (Å²) in [6.07, 6.45) is 0.873. The van der Waals surface area contributed by atoms with Crippen molar-refractivity contribution in [3.8, 4) is 11.8 Å². The molecule has 0 heterocycles. The number of hydrogen-bond donors (Lipinski definition) is 2. The molecule has 0 bridgehead atoms. The number of aryl methyl sites for hydroxylation is 1. The van der Waals surface area contributed by atoms with Crippen LogP contribution in [0.1, 0.15) is 31.4 Å². The Morgan fingerprint density at radius 1 is 1.45 bits per heavy atom. The smallest absolute Gasteiger partial charge is 0.241 e. The Bertz CT molecular complexity index is 682. The minimum atomic E-state index is -3.50. The number of hydrogen-bond acceptors (Lipinski definition) is 3. The van der Waals surface area contributed by atoms with E-state index in [0.717, 1.165) is 6.42 Å². The van der Waals surface area contributed by atoms with Crippen molar-refractivity contribution in [1.29, 1.82) is 0 Å². The maximum atomic E-state index is 12.4. The molecule has 1 fully saturated rings. The van der Waals surface area contributed by atoms with E-state index in [9.17, 15) is 8.42 Å². The number of benzene rings is 1. The summed E-state index contributed by atoms with van der Waals surface area (Å²) in [7, 11) is -3.50. The van der Waals surface area contributed by atoms with Crippen LogP contribution in [0.3, 0.4) is 0 Å². The van der Waals surface area contributed by atoms with Crippen molar-refractivity contribution in [3.05, 3.63) is 29.3 Å². The van der Waals surface area contributed by atoms with Gasteiger partial charge in [0, 0.05) is 11.6 Å². The highest BCUT2D eigenvalue weighted by Gasteiger charge is 2.48. The normalized spacial score (nSPS) is 20.1. The third-order valence-electron chi connectivity index (χ3n) is 3.62. The quantitative estimate of drug-likeness (QED) is 0.827. The van der Waals surface area contributed by atoms with E-state index >= 15 is 0 Å². The number of sulfonamides is 1. The summed E-state index contributed by atoms with van der Waals surface area (Å²) < 4.78 is 27.6. The fourth-order valence-corrected chi connectivity index (χ4v) is 3.72. The van der Waals surface area contributed by atoms with E-state index in [4.69, 9.17) is 5.73 Å². The van der Waals surface area contributed by atoms with Gasteiger partial charge < -0.3 is 5.73 Å². The molecule has 108 valence electrons. The molecule has 1 aliphatic carbocycles. The molecule has 5 heteroatoms. The van der Waals surface area contributed by atoms with Gasteiger partial charge in [-0.2, -0.15) is 0 Å². The lowest BCUT2D eigenvalue weighted by Crippen LogP contribution is -2.29. The van der Waals surface area contributed by atoms with Crippen LogP contribution in [-0.2, 0) is 10.0 Å². The zero-order chi connectivity index (χ0) is 15.0. The SMILES string of the molecule is Cc1ccc(C#CCN)cc1S(=O)(=O)NC1CC1(C)C. The van der Waals surface area contributed by atoms with E-state index in [0.29, 0.717) is 16.0 Å². The van der Waals surface area contributed by atoms with Gasteiger partial charge in [0.05, 0.1) is 11.4 Å². The van der Waals surface area contributed by atoms with Crippen LogP contribution >= 0.6 is 0 Å². The van der Waals surface area contributed by atoms with Crippen molar-refractivity contribution in [2.75, 3.05) is 6.54 Å². The lowest BCUT2D eigenvalue weighted by molar-refractivity contribution is 0.554. The maximum absolute atomic E-state index is 12.4. The first kappa shape index (κ1) is 15.0. The molecule has 1 saturated carbocycles. The Kier molecular flexibility index (Phi) is 3.92. The molecule has 0 spiro atoms. The number of rotatable bonds is 3. The summed E-state index contributed by atoms with van der Waals surface area (Å²) in [6.45, 7) is 6.14. The van der Waals surface area contributed by atoms with Crippen LogP contribution in [0.4, 0.5) is 0 Å². The third-order valence-corrected chi connectivity index (χ3v) is 5.24. The monoisotopic (exact) mass is 292 g/mol. The fourth-order valence-electron chi connectivity index (χ4n) is 2.04. The lowest BCUT2D eigenvalue weighted by Gasteiger charge is -2.11. The molecule has 1 aliphatic rings.